The van der Waals surface area contributed by atoms with Gasteiger partial charge in [-0.1, -0.05) is 6.92 Å². The Morgan fingerprint density at radius 2 is 2.08 bits per heavy atom. The third-order valence-corrected chi connectivity index (χ3v) is 2.57. The van der Waals surface area contributed by atoms with Crippen LogP contribution in [-0.4, -0.2) is 13.9 Å². The Labute approximate surface area is 79.7 Å². The molecule has 1 aromatic rings. The zero-order valence-corrected chi connectivity index (χ0v) is 8.39. The SMILES string of the molecule is CCc1cc(S(=O)O)cc(C)c1O. The van der Waals surface area contributed by atoms with Gasteiger partial charge in [0.1, 0.15) is 5.75 Å². The summed E-state index contributed by atoms with van der Waals surface area (Å²) in [6, 6.07) is 3.07. The second kappa shape index (κ2) is 3.89. The molecule has 72 valence electrons. The van der Waals surface area contributed by atoms with Gasteiger partial charge in [0, 0.05) is 0 Å². The lowest BCUT2D eigenvalue weighted by atomic mass is 10.1. The number of rotatable bonds is 2. The first-order valence-corrected chi connectivity index (χ1v) is 5.10. The normalized spacial score (nSPS) is 12.8. The predicted octanol–water partition coefficient (Wildman–Crippen LogP) is 1.84. The van der Waals surface area contributed by atoms with E-state index in [4.69, 9.17) is 4.55 Å². The molecule has 13 heavy (non-hydrogen) atoms. The molecule has 2 N–H and O–H groups in total. The van der Waals surface area contributed by atoms with Gasteiger partial charge in [-0.2, -0.15) is 0 Å². The zero-order valence-electron chi connectivity index (χ0n) is 7.57. The molecule has 0 spiro atoms. The molecule has 3 nitrogen and oxygen atoms in total. The molecule has 0 aliphatic carbocycles. The summed E-state index contributed by atoms with van der Waals surface area (Å²) in [5.74, 6) is 0.219. The Morgan fingerprint density at radius 1 is 1.46 bits per heavy atom. The predicted molar refractivity (Wildman–Crippen MR) is 51.3 cm³/mol. The first-order chi connectivity index (χ1) is 6.06. The van der Waals surface area contributed by atoms with Crippen molar-refractivity contribution >= 4 is 11.1 Å². The smallest absolute Gasteiger partial charge is 0.186 e. The third kappa shape index (κ3) is 2.08. The fraction of sp³-hybridized carbons (Fsp3) is 0.333. The van der Waals surface area contributed by atoms with E-state index >= 15 is 0 Å². The number of hydrogen-bond acceptors (Lipinski definition) is 2. The summed E-state index contributed by atoms with van der Waals surface area (Å²) in [6.45, 7) is 3.60. The number of phenols is 1. The fourth-order valence-electron chi connectivity index (χ4n) is 1.19. The first-order valence-electron chi connectivity index (χ1n) is 3.99. The molecule has 0 aliphatic rings. The van der Waals surface area contributed by atoms with Gasteiger partial charge in [0.2, 0.25) is 0 Å². The van der Waals surface area contributed by atoms with E-state index in [-0.39, 0.29) is 5.75 Å². The molecule has 0 amide bonds. The van der Waals surface area contributed by atoms with Crippen molar-refractivity contribution in [3.8, 4) is 5.75 Å². The quantitative estimate of drug-likeness (QED) is 0.716. The maximum atomic E-state index is 10.8. The summed E-state index contributed by atoms with van der Waals surface area (Å²) in [7, 11) is 0. The van der Waals surface area contributed by atoms with E-state index in [0.29, 0.717) is 22.4 Å². The molecule has 0 aliphatic heterocycles. The molecular weight excluding hydrogens is 188 g/mol. The number of benzene rings is 1. The molecule has 1 atom stereocenters. The van der Waals surface area contributed by atoms with Crippen LogP contribution < -0.4 is 0 Å². The highest BCUT2D eigenvalue weighted by atomic mass is 32.2. The Hall–Kier alpha value is -0.870. The zero-order chi connectivity index (χ0) is 10.0. The third-order valence-electron chi connectivity index (χ3n) is 1.94. The van der Waals surface area contributed by atoms with Crippen LogP contribution in [0.4, 0.5) is 0 Å². The summed E-state index contributed by atoms with van der Waals surface area (Å²) in [5.41, 5.74) is 1.34. The highest BCUT2D eigenvalue weighted by molar-refractivity contribution is 7.79. The molecule has 0 radical (unpaired) electrons. The van der Waals surface area contributed by atoms with E-state index < -0.39 is 11.1 Å². The van der Waals surface area contributed by atoms with Gasteiger partial charge in [0.05, 0.1) is 4.90 Å². The molecule has 1 rings (SSSR count). The van der Waals surface area contributed by atoms with Gasteiger partial charge >= 0.3 is 0 Å². The van der Waals surface area contributed by atoms with Gasteiger partial charge in [0.15, 0.2) is 11.1 Å². The van der Waals surface area contributed by atoms with Crippen LogP contribution in [0.3, 0.4) is 0 Å². The molecule has 0 saturated carbocycles. The molecule has 4 heteroatoms. The molecule has 0 bridgehead atoms. The summed E-state index contributed by atoms with van der Waals surface area (Å²) < 4.78 is 19.6. The van der Waals surface area contributed by atoms with Gasteiger partial charge in [-0.05, 0) is 36.6 Å². The van der Waals surface area contributed by atoms with Crippen LogP contribution in [0.1, 0.15) is 18.1 Å². The summed E-state index contributed by atoms with van der Waals surface area (Å²) in [4.78, 5) is 0.340. The van der Waals surface area contributed by atoms with Crippen molar-refractivity contribution < 1.29 is 13.9 Å². The lowest BCUT2D eigenvalue weighted by Crippen LogP contribution is -1.93. The van der Waals surface area contributed by atoms with Crippen LogP contribution >= 0.6 is 0 Å². The van der Waals surface area contributed by atoms with E-state index in [1.165, 1.54) is 6.07 Å². The Bertz CT molecular complexity index is 347. The minimum absolute atomic E-state index is 0.219. The van der Waals surface area contributed by atoms with Crippen LogP contribution in [0.25, 0.3) is 0 Å². The van der Waals surface area contributed by atoms with Crippen molar-refractivity contribution in [2.75, 3.05) is 0 Å². The van der Waals surface area contributed by atoms with E-state index in [2.05, 4.69) is 0 Å². The van der Waals surface area contributed by atoms with Crippen LogP contribution in [-0.2, 0) is 17.5 Å². The molecule has 1 aromatic carbocycles. The van der Waals surface area contributed by atoms with E-state index in [1.807, 2.05) is 6.92 Å². The summed E-state index contributed by atoms with van der Waals surface area (Å²) in [5, 5.41) is 9.52. The van der Waals surface area contributed by atoms with Crippen LogP contribution in [0.15, 0.2) is 17.0 Å². The van der Waals surface area contributed by atoms with Crippen LogP contribution in [0, 0.1) is 6.92 Å². The average Bonchev–Trinajstić information content (AvgIpc) is 2.09. The summed E-state index contributed by atoms with van der Waals surface area (Å²) in [6.07, 6.45) is 0.651. The van der Waals surface area contributed by atoms with Crippen LogP contribution in [0.5, 0.6) is 5.75 Å². The maximum absolute atomic E-state index is 10.8. The number of hydrogen-bond donors (Lipinski definition) is 2. The van der Waals surface area contributed by atoms with Gasteiger partial charge in [-0.25, -0.2) is 4.21 Å². The molecule has 1 unspecified atom stereocenters. The lowest BCUT2D eigenvalue weighted by molar-refractivity contribution is 0.463. The molecule has 0 fully saturated rings. The maximum Gasteiger partial charge on any atom is 0.186 e. The molecule has 0 aromatic heterocycles. The van der Waals surface area contributed by atoms with Crippen molar-refractivity contribution in [1.82, 2.24) is 0 Å². The minimum atomic E-state index is -1.97. The minimum Gasteiger partial charge on any atom is -0.507 e. The van der Waals surface area contributed by atoms with Crippen molar-refractivity contribution in [2.45, 2.75) is 25.2 Å². The monoisotopic (exact) mass is 200 g/mol. The van der Waals surface area contributed by atoms with Gasteiger partial charge < -0.3 is 9.66 Å². The number of aryl methyl sites for hydroxylation is 2. The molecule has 0 saturated heterocycles. The second-order valence-corrected chi connectivity index (χ2v) is 3.82. The highest BCUT2D eigenvalue weighted by Gasteiger charge is 2.08. The van der Waals surface area contributed by atoms with Gasteiger partial charge in [0.25, 0.3) is 0 Å². The second-order valence-electron chi connectivity index (χ2n) is 2.85. The summed E-state index contributed by atoms with van der Waals surface area (Å²) >= 11 is -1.97. The first kappa shape index (κ1) is 10.2. The Balaban J connectivity index is 3.30. The molecular formula is C9H12O3S. The van der Waals surface area contributed by atoms with Crippen molar-refractivity contribution in [3.05, 3.63) is 23.3 Å². The topological polar surface area (TPSA) is 57.5 Å². The number of aromatic hydroxyl groups is 1. The van der Waals surface area contributed by atoms with Gasteiger partial charge in [-0.15, -0.1) is 0 Å². The van der Waals surface area contributed by atoms with Crippen LogP contribution in [0.2, 0.25) is 0 Å². The average molecular weight is 200 g/mol. The lowest BCUT2D eigenvalue weighted by Gasteiger charge is -2.06. The Morgan fingerprint density at radius 3 is 2.54 bits per heavy atom. The Kier molecular flexibility index (Phi) is 3.06. The van der Waals surface area contributed by atoms with E-state index in [9.17, 15) is 9.32 Å². The van der Waals surface area contributed by atoms with Crippen molar-refractivity contribution in [3.63, 3.8) is 0 Å². The standard InChI is InChI=1S/C9H12O3S/c1-3-7-5-8(13(11)12)4-6(2)9(7)10/h4-5,10H,3H2,1-2H3,(H,11,12). The molecule has 0 heterocycles. The largest absolute Gasteiger partial charge is 0.507 e. The fourth-order valence-corrected chi connectivity index (χ4v) is 1.71. The van der Waals surface area contributed by atoms with Crippen molar-refractivity contribution in [2.24, 2.45) is 0 Å². The van der Waals surface area contributed by atoms with Crippen molar-refractivity contribution in [1.29, 1.82) is 0 Å². The number of phenolic OH excluding ortho intramolecular Hbond substituents is 1. The highest BCUT2D eigenvalue weighted by Crippen LogP contribution is 2.25. The van der Waals surface area contributed by atoms with E-state index in [0.717, 1.165) is 0 Å². The van der Waals surface area contributed by atoms with E-state index in [1.54, 1.807) is 13.0 Å². The van der Waals surface area contributed by atoms with Gasteiger partial charge in [-0.3, -0.25) is 0 Å².